The molecule has 34 heavy (non-hydrogen) atoms. The van der Waals surface area contributed by atoms with E-state index in [1.807, 2.05) is 57.2 Å². The van der Waals surface area contributed by atoms with E-state index >= 15 is 0 Å². The van der Waals surface area contributed by atoms with Crippen LogP contribution in [-0.2, 0) is 14.3 Å². The number of carbonyl (C=O) groups is 3. The second-order valence-electron chi connectivity index (χ2n) is 9.98. The Morgan fingerprint density at radius 3 is 2.06 bits per heavy atom. The van der Waals surface area contributed by atoms with Crippen molar-refractivity contribution in [3.05, 3.63) is 59.7 Å². The summed E-state index contributed by atoms with van der Waals surface area (Å²) < 4.78 is 5.60. The van der Waals surface area contributed by atoms with Crippen molar-refractivity contribution in [1.29, 1.82) is 0 Å². The van der Waals surface area contributed by atoms with Crippen LogP contribution in [0.15, 0.2) is 48.5 Å². The van der Waals surface area contributed by atoms with E-state index < -0.39 is 29.9 Å². The van der Waals surface area contributed by atoms with Crippen LogP contribution in [0.5, 0.6) is 0 Å². The highest BCUT2D eigenvalue weighted by Crippen LogP contribution is 2.44. The Labute approximate surface area is 200 Å². The molecular weight excluding hydrogens is 432 g/mol. The van der Waals surface area contributed by atoms with Crippen LogP contribution >= 0.6 is 0 Å². The largest absolute Gasteiger partial charge is 0.481 e. The summed E-state index contributed by atoms with van der Waals surface area (Å²) in [5.74, 6) is -2.12. The predicted molar refractivity (Wildman–Crippen MR) is 130 cm³/mol. The van der Waals surface area contributed by atoms with Gasteiger partial charge in [0.15, 0.2) is 0 Å². The van der Waals surface area contributed by atoms with Gasteiger partial charge in [0.1, 0.15) is 12.6 Å². The second-order valence-corrected chi connectivity index (χ2v) is 9.98. The number of rotatable bonds is 9. The zero-order chi connectivity index (χ0) is 24.9. The van der Waals surface area contributed by atoms with Crippen LogP contribution in [0.2, 0.25) is 0 Å². The van der Waals surface area contributed by atoms with Gasteiger partial charge in [0, 0.05) is 12.5 Å². The molecule has 7 heteroatoms. The lowest BCUT2D eigenvalue weighted by Crippen LogP contribution is -2.50. The number of benzene rings is 2. The maximum Gasteiger partial charge on any atom is 0.407 e. The van der Waals surface area contributed by atoms with Crippen LogP contribution < -0.4 is 10.6 Å². The molecule has 0 spiro atoms. The number of hydrogen-bond donors (Lipinski definition) is 3. The third-order valence-electron chi connectivity index (χ3n) is 6.13. The highest BCUT2D eigenvalue weighted by atomic mass is 16.5. The van der Waals surface area contributed by atoms with Crippen molar-refractivity contribution in [3.8, 4) is 11.1 Å². The van der Waals surface area contributed by atoms with Crippen molar-refractivity contribution in [3.63, 3.8) is 0 Å². The summed E-state index contributed by atoms with van der Waals surface area (Å²) in [5.41, 5.74) is 4.26. The molecule has 182 valence electrons. The molecule has 1 aliphatic rings. The highest BCUT2D eigenvalue weighted by molar-refractivity contribution is 5.86. The third kappa shape index (κ3) is 6.16. The van der Waals surface area contributed by atoms with E-state index in [0.29, 0.717) is 12.8 Å². The first kappa shape index (κ1) is 25.3. The Morgan fingerprint density at radius 2 is 1.56 bits per heavy atom. The van der Waals surface area contributed by atoms with Crippen molar-refractivity contribution in [2.45, 2.75) is 52.5 Å². The third-order valence-corrected chi connectivity index (χ3v) is 6.13. The van der Waals surface area contributed by atoms with E-state index in [2.05, 4.69) is 22.8 Å². The van der Waals surface area contributed by atoms with Gasteiger partial charge >= 0.3 is 12.1 Å². The Hall–Kier alpha value is -3.35. The minimum absolute atomic E-state index is 0.0116. The fourth-order valence-corrected chi connectivity index (χ4v) is 4.36. The number of carboxylic acids is 1. The number of hydrogen-bond acceptors (Lipinski definition) is 4. The minimum Gasteiger partial charge on any atom is -0.481 e. The number of ether oxygens (including phenoxy) is 1. The topological polar surface area (TPSA) is 105 Å². The maximum absolute atomic E-state index is 12.8. The van der Waals surface area contributed by atoms with Crippen LogP contribution in [0.1, 0.15) is 57.6 Å². The molecule has 0 aromatic heterocycles. The van der Waals surface area contributed by atoms with Crippen molar-refractivity contribution >= 4 is 18.0 Å². The predicted octanol–water partition coefficient (Wildman–Crippen LogP) is 4.56. The van der Waals surface area contributed by atoms with E-state index in [1.165, 1.54) is 0 Å². The summed E-state index contributed by atoms with van der Waals surface area (Å²) >= 11 is 0. The van der Waals surface area contributed by atoms with Crippen LogP contribution in [0.4, 0.5) is 4.79 Å². The van der Waals surface area contributed by atoms with E-state index in [9.17, 15) is 19.5 Å². The summed E-state index contributed by atoms with van der Waals surface area (Å²) in [6, 6.07) is 15.3. The lowest BCUT2D eigenvalue weighted by atomic mass is 9.87. The molecule has 2 amide bonds. The molecule has 1 aliphatic carbocycles. The van der Waals surface area contributed by atoms with Crippen molar-refractivity contribution in [2.24, 2.45) is 11.3 Å². The molecule has 7 nitrogen and oxygen atoms in total. The molecule has 0 heterocycles. The van der Waals surface area contributed by atoms with E-state index in [-0.39, 0.29) is 24.5 Å². The van der Waals surface area contributed by atoms with Crippen molar-refractivity contribution in [1.82, 2.24) is 10.6 Å². The van der Waals surface area contributed by atoms with Crippen LogP contribution in [0, 0.1) is 11.3 Å². The molecule has 2 atom stereocenters. The van der Waals surface area contributed by atoms with Gasteiger partial charge in [-0.1, -0.05) is 76.2 Å². The quantitative estimate of drug-likeness (QED) is 0.503. The summed E-state index contributed by atoms with van der Waals surface area (Å²) in [4.78, 5) is 36.8. The molecule has 0 bridgehead atoms. The van der Waals surface area contributed by atoms with E-state index in [1.54, 1.807) is 6.92 Å². The van der Waals surface area contributed by atoms with Gasteiger partial charge in [-0.3, -0.25) is 9.59 Å². The first-order valence-corrected chi connectivity index (χ1v) is 11.7. The van der Waals surface area contributed by atoms with Gasteiger partial charge in [0.25, 0.3) is 0 Å². The Balaban J connectivity index is 1.66. The summed E-state index contributed by atoms with van der Waals surface area (Å²) in [5, 5.41) is 14.6. The molecule has 3 N–H and O–H groups in total. The molecule has 0 saturated carbocycles. The number of aliphatic carboxylic acids is 1. The van der Waals surface area contributed by atoms with E-state index in [4.69, 9.17) is 4.74 Å². The van der Waals surface area contributed by atoms with Crippen LogP contribution in [-0.4, -0.2) is 42.3 Å². The molecule has 3 rings (SSSR count). The smallest absolute Gasteiger partial charge is 0.407 e. The lowest BCUT2D eigenvalue weighted by Gasteiger charge is -2.26. The van der Waals surface area contributed by atoms with Crippen molar-refractivity contribution in [2.75, 3.05) is 13.2 Å². The number of nitrogens with one attached hydrogen (secondary N) is 2. The van der Waals surface area contributed by atoms with Gasteiger partial charge in [-0.05, 0) is 40.5 Å². The normalized spacial score (nSPS) is 14.5. The average Bonchev–Trinajstić information content (AvgIpc) is 3.10. The standard InChI is InChI=1S/C27H34N2O5/c1-5-17(25(31)32)15-28-24(30)23(14-27(2,3)4)29-26(33)34-16-22-20-12-8-6-10-18(20)19-11-7-9-13-21(19)22/h6-13,17,22-23H,5,14-16H2,1-4H3,(H,28,30)(H,29,33)(H,31,32). The molecule has 0 radical (unpaired) electrons. The summed E-state index contributed by atoms with van der Waals surface area (Å²) in [6.07, 6.45) is 0.114. The van der Waals surface area contributed by atoms with E-state index in [0.717, 1.165) is 22.3 Å². The first-order valence-electron chi connectivity index (χ1n) is 11.7. The number of carbonyl (C=O) groups excluding carboxylic acids is 2. The number of fused-ring (bicyclic) bond motifs is 3. The zero-order valence-electron chi connectivity index (χ0n) is 20.3. The maximum atomic E-state index is 12.8. The Bertz CT molecular complexity index is 998. The highest BCUT2D eigenvalue weighted by Gasteiger charge is 2.31. The molecule has 2 aromatic carbocycles. The molecule has 0 fully saturated rings. The van der Waals surface area contributed by atoms with Crippen LogP contribution in [0.25, 0.3) is 11.1 Å². The van der Waals surface area contributed by atoms with Crippen molar-refractivity contribution < 1.29 is 24.2 Å². The van der Waals surface area contributed by atoms with Gasteiger partial charge in [0.2, 0.25) is 5.91 Å². The molecule has 0 aliphatic heterocycles. The average molecular weight is 467 g/mol. The van der Waals surface area contributed by atoms with Gasteiger partial charge in [-0.2, -0.15) is 0 Å². The fourth-order valence-electron chi connectivity index (χ4n) is 4.36. The number of carboxylic acid groups (broad SMARTS) is 1. The summed E-state index contributed by atoms with van der Waals surface area (Å²) in [7, 11) is 0. The second kappa shape index (κ2) is 10.7. The minimum atomic E-state index is -0.959. The lowest BCUT2D eigenvalue weighted by molar-refractivity contribution is -0.141. The van der Waals surface area contributed by atoms with Gasteiger partial charge in [-0.15, -0.1) is 0 Å². The Kier molecular flexibility index (Phi) is 7.97. The Morgan fingerprint density at radius 1 is 1.00 bits per heavy atom. The zero-order valence-corrected chi connectivity index (χ0v) is 20.3. The van der Waals surface area contributed by atoms with Crippen LogP contribution in [0.3, 0.4) is 0 Å². The summed E-state index contributed by atoms with van der Waals surface area (Å²) in [6.45, 7) is 7.83. The van der Waals surface area contributed by atoms with Gasteiger partial charge in [0.05, 0.1) is 5.92 Å². The van der Waals surface area contributed by atoms with Gasteiger partial charge in [-0.25, -0.2) is 4.79 Å². The molecular formula is C27H34N2O5. The van der Waals surface area contributed by atoms with Gasteiger partial charge < -0.3 is 20.5 Å². The number of alkyl carbamates (subject to hydrolysis) is 1. The molecule has 2 aromatic rings. The first-order chi connectivity index (χ1) is 16.1. The molecule has 0 saturated heterocycles. The monoisotopic (exact) mass is 466 g/mol. The SMILES string of the molecule is CCC(CNC(=O)C(CC(C)(C)C)NC(=O)OCC1c2ccccc2-c2ccccc21)C(=O)O. The number of amides is 2. The molecule has 2 unspecified atom stereocenters. The fraction of sp³-hybridized carbons (Fsp3) is 0.444.